The van der Waals surface area contributed by atoms with Gasteiger partial charge in [-0.05, 0) is 17.7 Å². The van der Waals surface area contributed by atoms with Gasteiger partial charge in [-0.15, -0.1) is 11.6 Å². The van der Waals surface area contributed by atoms with Crippen molar-refractivity contribution in [3.8, 4) is 0 Å². The van der Waals surface area contributed by atoms with Crippen molar-refractivity contribution in [3.63, 3.8) is 0 Å². The first-order valence-corrected chi connectivity index (χ1v) is 4.56. The number of rotatable bonds is 3. The van der Waals surface area contributed by atoms with Crippen LogP contribution in [0.15, 0.2) is 24.3 Å². The molecule has 0 saturated carbocycles. The van der Waals surface area contributed by atoms with E-state index in [9.17, 15) is 9.18 Å². The number of carbonyl (C=O) groups is 1. The Morgan fingerprint density at radius 1 is 1.50 bits per heavy atom. The highest BCUT2D eigenvalue weighted by atomic mass is 35.5. The van der Waals surface area contributed by atoms with Gasteiger partial charge >= 0.3 is 5.97 Å². The van der Waals surface area contributed by atoms with E-state index in [1.807, 2.05) is 0 Å². The molecule has 0 aromatic heterocycles. The first-order chi connectivity index (χ1) is 6.59. The SMILES string of the molecule is CC(=O)OCC(Cl)c1ccc(F)cc1. The van der Waals surface area contributed by atoms with Gasteiger partial charge in [0.05, 0.1) is 5.38 Å². The molecule has 0 aliphatic rings. The molecule has 1 aromatic carbocycles. The molecule has 1 aromatic rings. The van der Waals surface area contributed by atoms with E-state index in [0.29, 0.717) is 0 Å². The van der Waals surface area contributed by atoms with Gasteiger partial charge < -0.3 is 4.74 Å². The molecular formula is C10H10ClFO2. The van der Waals surface area contributed by atoms with Crippen LogP contribution in [0.25, 0.3) is 0 Å². The Morgan fingerprint density at radius 3 is 2.57 bits per heavy atom. The summed E-state index contributed by atoms with van der Waals surface area (Å²) in [6.45, 7) is 1.41. The fourth-order valence-corrected chi connectivity index (χ4v) is 1.17. The minimum atomic E-state index is -0.431. The molecule has 14 heavy (non-hydrogen) atoms. The number of esters is 1. The molecule has 2 nitrogen and oxygen atoms in total. The zero-order valence-corrected chi connectivity index (χ0v) is 8.42. The van der Waals surface area contributed by atoms with Crippen molar-refractivity contribution in [1.29, 1.82) is 0 Å². The van der Waals surface area contributed by atoms with Crippen LogP contribution in [0.3, 0.4) is 0 Å². The molecule has 1 rings (SSSR count). The molecule has 0 aliphatic heterocycles. The molecule has 1 unspecified atom stereocenters. The van der Waals surface area contributed by atoms with Gasteiger partial charge in [0, 0.05) is 6.92 Å². The Balaban J connectivity index is 2.56. The van der Waals surface area contributed by atoms with Crippen molar-refractivity contribution in [2.24, 2.45) is 0 Å². The summed E-state index contributed by atoms with van der Waals surface area (Å²) in [5, 5.41) is -0.431. The lowest BCUT2D eigenvalue weighted by molar-refractivity contribution is -0.140. The molecule has 0 saturated heterocycles. The largest absolute Gasteiger partial charge is 0.464 e. The number of hydrogen-bond donors (Lipinski definition) is 0. The molecule has 0 N–H and O–H groups in total. The van der Waals surface area contributed by atoms with Crippen molar-refractivity contribution in [3.05, 3.63) is 35.6 Å². The van der Waals surface area contributed by atoms with E-state index in [1.54, 1.807) is 12.1 Å². The zero-order chi connectivity index (χ0) is 10.6. The van der Waals surface area contributed by atoms with Gasteiger partial charge in [0.25, 0.3) is 0 Å². The number of alkyl halides is 1. The van der Waals surface area contributed by atoms with Crippen LogP contribution in [-0.4, -0.2) is 12.6 Å². The zero-order valence-electron chi connectivity index (χ0n) is 7.67. The van der Waals surface area contributed by atoms with Crippen molar-refractivity contribution in [2.45, 2.75) is 12.3 Å². The summed E-state index contributed by atoms with van der Waals surface area (Å²) in [6, 6.07) is 5.77. The minimum absolute atomic E-state index is 0.0997. The van der Waals surface area contributed by atoms with Gasteiger partial charge in [-0.2, -0.15) is 0 Å². The second kappa shape index (κ2) is 4.96. The number of benzene rings is 1. The number of ether oxygens (including phenoxy) is 1. The maximum atomic E-state index is 12.5. The Kier molecular flexibility index (Phi) is 3.89. The summed E-state index contributed by atoms with van der Waals surface area (Å²) in [4.78, 5) is 10.5. The molecule has 0 bridgehead atoms. The molecule has 0 radical (unpaired) electrons. The number of carbonyl (C=O) groups excluding carboxylic acids is 1. The molecule has 0 amide bonds. The summed E-state index contributed by atoms with van der Waals surface area (Å²) in [6.07, 6.45) is 0. The lowest BCUT2D eigenvalue weighted by Gasteiger charge is -2.09. The van der Waals surface area contributed by atoms with Crippen molar-refractivity contribution >= 4 is 17.6 Å². The lowest BCUT2D eigenvalue weighted by Crippen LogP contribution is -2.06. The third kappa shape index (κ3) is 3.34. The Bertz CT molecular complexity index is 310. The summed E-state index contributed by atoms with van der Waals surface area (Å²) in [7, 11) is 0. The standard InChI is InChI=1S/C10H10ClFO2/c1-7(13)14-6-10(11)8-2-4-9(12)5-3-8/h2-5,10H,6H2,1H3. The molecule has 4 heteroatoms. The quantitative estimate of drug-likeness (QED) is 0.574. The Morgan fingerprint density at radius 2 is 2.07 bits per heavy atom. The Hall–Kier alpha value is -1.09. The average Bonchev–Trinajstić information content (AvgIpc) is 2.15. The molecule has 0 aliphatic carbocycles. The predicted octanol–water partition coefficient (Wildman–Crippen LogP) is 2.67. The van der Waals surface area contributed by atoms with Crippen LogP contribution >= 0.6 is 11.6 Å². The molecular weight excluding hydrogens is 207 g/mol. The van der Waals surface area contributed by atoms with Gasteiger partial charge in [0.15, 0.2) is 0 Å². The molecule has 1 atom stereocenters. The maximum Gasteiger partial charge on any atom is 0.302 e. The monoisotopic (exact) mass is 216 g/mol. The van der Waals surface area contributed by atoms with E-state index >= 15 is 0 Å². The van der Waals surface area contributed by atoms with Crippen molar-refractivity contribution in [2.75, 3.05) is 6.61 Å². The summed E-state index contributed by atoms with van der Waals surface area (Å²) in [5.74, 6) is -0.692. The van der Waals surface area contributed by atoms with Gasteiger partial charge in [-0.3, -0.25) is 4.79 Å². The van der Waals surface area contributed by atoms with Gasteiger partial charge in [-0.25, -0.2) is 4.39 Å². The molecule has 0 fully saturated rings. The summed E-state index contributed by atoms with van der Waals surface area (Å²) < 4.78 is 17.3. The van der Waals surface area contributed by atoms with E-state index in [2.05, 4.69) is 0 Å². The number of halogens is 2. The van der Waals surface area contributed by atoms with Crippen LogP contribution < -0.4 is 0 Å². The average molecular weight is 217 g/mol. The van der Waals surface area contributed by atoms with Gasteiger partial charge in [-0.1, -0.05) is 12.1 Å². The fraction of sp³-hybridized carbons (Fsp3) is 0.300. The van der Waals surface area contributed by atoms with E-state index < -0.39 is 5.38 Å². The highest BCUT2D eigenvalue weighted by Gasteiger charge is 2.09. The van der Waals surface area contributed by atoms with E-state index in [-0.39, 0.29) is 18.4 Å². The smallest absolute Gasteiger partial charge is 0.302 e. The summed E-state index contributed by atoms with van der Waals surface area (Å²) in [5.41, 5.74) is 0.731. The normalized spacial score (nSPS) is 12.2. The van der Waals surface area contributed by atoms with Gasteiger partial charge in [0.2, 0.25) is 0 Å². The van der Waals surface area contributed by atoms with Crippen LogP contribution in [0.2, 0.25) is 0 Å². The predicted molar refractivity (Wildman–Crippen MR) is 51.6 cm³/mol. The third-order valence-electron chi connectivity index (χ3n) is 1.66. The highest BCUT2D eigenvalue weighted by molar-refractivity contribution is 6.21. The summed E-state index contributed by atoms with van der Waals surface area (Å²) >= 11 is 5.90. The van der Waals surface area contributed by atoms with Crippen LogP contribution in [0, 0.1) is 5.82 Å². The molecule has 0 heterocycles. The van der Waals surface area contributed by atoms with Crippen LogP contribution in [0.4, 0.5) is 4.39 Å². The van der Waals surface area contributed by atoms with Crippen molar-refractivity contribution in [1.82, 2.24) is 0 Å². The van der Waals surface area contributed by atoms with Crippen LogP contribution in [-0.2, 0) is 9.53 Å². The minimum Gasteiger partial charge on any atom is -0.464 e. The second-order valence-corrected chi connectivity index (χ2v) is 3.35. The van der Waals surface area contributed by atoms with Gasteiger partial charge in [0.1, 0.15) is 12.4 Å². The fourth-order valence-electron chi connectivity index (χ4n) is 0.958. The first kappa shape index (κ1) is 11.0. The maximum absolute atomic E-state index is 12.5. The van der Waals surface area contributed by atoms with Crippen LogP contribution in [0.1, 0.15) is 17.9 Å². The first-order valence-electron chi connectivity index (χ1n) is 4.12. The lowest BCUT2D eigenvalue weighted by atomic mass is 10.1. The van der Waals surface area contributed by atoms with E-state index in [0.717, 1.165) is 5.56 Å². The van der Waals surface area contributed by atoms with Crippen molar-refractivity contribution < 1.29 is 13.9 Å². The van der Waals surface area contributed by atoms with E-state index in [1.165, 1.54) is 19.1 Å². The van der Waals surface area contributed by atoms with E-state index in [4.69, 9.17) is 16.3 Å². The molecule has 0 spiro atoms. The topological polar surface area (TPSA) is 26.3 Å². The second-order valence-electron chi connectivity index (χ2n) is 2.82. The number of hydrogen-bond acceptors (Lipinski definition) is 2. The Labute approximate surface area is 86.6 Å². The van der Waals surface area contributed by atoms with Crippen LogP contribution in [0.5, 0.6) is 0 Å². The molecule has 76 valence electrons. The third-order valence-corrected chi connectivity index (χ3v) is 2.04. The highest BCUT2D eigenvalue weighted by Crippen LogP contribution is 2.20.